The molecule has 2 heterocycles. The normalized spacial score (nSPS) is 11.5. The quantitative estimate of drug-likeness (QED) is 0.321. The number of halogens is 4. The number of hydroxylamine groups is 2. The van der Waals surface area contributed by atoms with Gasteiger partial charge in [-0.05, 0) is 19.1 Å². The van der Waals surface area contributed by atoms with Crippen LogP contribution in [0.3, 0.4) is 0 Å². The van der Waals surface area contributed by atoms with E-state index in [1.807, 2.05) is 5.48 Å². The molecule has 0 saturated carbocycles. The standard InChI is InChI=1S/C17H18ClF3N2O6S2/c1-9-6-12(18)14(30-9)16(26)23-29-5-4-27-8-10-7-11(17(19,20)21)13(31-10)15(25)22-28-3-2-24/h6-7,24H,2-5,8H2,1H3,(H,22,25)(H,23,26). The Balaban J connectivity index is 1.81. The van der Waals surface area contributed by atoms with Crippen molar-refractivity contribution in [3.63, 3.8) is 0 Å². The molecule has 2 rings (SSSR count). The maximum absolute atomic E-state index is 13.2. The van der Waals surface area contributed by atoms with Crippen molar-refractivity contribution in [1.82, 2.24) is 11.0 Å². The van der Waals surface area contributed by atoms with Crippen molar-refractivity contribution in [2.75, 3.05) is 26.4 Å². The first-order valence-corrected chi connectivity index (χ1v) is 10.6. The molecule has 172 valence electrons. The summed E-state index contributed by atoms with van der Waals surface area (Å²) in [5.41, 5.74) is 2.92. The summed E-state index contributed by atoms with van der Waals surface area (Å²) in [6.07, 6.45) is -4.74. The van der Waals surface area contributed by atoms with Gasteiger partial charge in [-0.3, -0.25) is 19.3 Å². The summed E-state index contributed by atoms with van der Waals surface area (Å²) in [6.45, 7) is 0.840. The van der Waals surface area contributed by atoms with Gasteiger partial charge in [0, 0.05) is 9.75 Å². The number of carbonyl (C=O) groups is 2. The lowest BCUT2D eigenvalue weighted by Gasteiger charge is -2.07. The van der Waals surface area contributed by atoms with E-state index in [9.17, 15) is 22.8 Å². The zero-order valence-corrected chi connectivity index (χ0v) is 18.4. The molecule has 0 aromatic carbocycles. The van der Waals surface area contributed by atoms with Gasteiger partial charge in [0.15, 0.2) is 0 Å². The highest BCUT2D eigenvalue weighted by molar-refractivity contribution is 7.14. The molecule has 0 unspecified atom stereocenters. The van der Waals surface area contributed by atoms with Crippen LogP contribution in [0.5, 0.6) is 0 Å². The maximum Gasteiger partial charge on any atom is 0.418 e. The number of rotatable bonds is 11. The summed E-state index contributed by atoms with van der Waals surface area (Å²) in [7, 11) is 0. The minimum absolute atomic E-state index is 0.0299. The molecule has 0 aliphatic heterocycles. The van der Waals surface area contributed by atoms with Gasteiger partial charge in [0.2, 0.25) is 0 Å². The molecule has 14 heteroatoms. The molecule has 8 nitrogen and oxygen atoms in total. The molecule has 0 aliphatic carbocycles. The number of aryl methyl sites for hydroxylation is 1. The van der Waals surface area contributed by atoms with Gasteiger partial charge >= 0.3 is 6.18 Å². The SMILES string of the molecule is Cc1cc(Cl)c(C(=O)NOCCOCc2cc(C(F)(F)F)c(C(=O)NOCCO)s2)s1. The number of nitrogens with one attached hydrogen (secondary N) is 2. The third kappa shape index (κ3) is 7.71. The second-order valence-corrected chi connectivity index (χ2v) is 8.62. The van der Waals surface area contributed by atoms with Crippen molar-refractivity contribution in [3.8, 4) is 0 Å². The number of amides is 2. The van der Waals surface area contributed by atoms with Gasteiger partial charge in [-0.1, -0.05) is 11.6 Å². The largest absolute Gasteiger partial charge is 0.418 e. The fourth-order valence-corrected chi connectivity index (χ4v) is 4.39. The minimum atomic E-state index is -4.74. The van der Waals surface area contributed by atoms with Crippen molar-refractivity contribution >= 4 is 46.1 Å². The van der Waals surface area contributed by atoms with E-state index in [1.165, 1.54) is 11.3 Å². The Morgan fingerprint density at radius 3 is 2.29 bits per heavy atom. The zero-order chi connectivity index (χ0) is 23.0. The monoisotopic (exact) mass is 502 g/mol. The van der Waals surface area contributed by atoms with Crippen LogP contribution in [-0.2, 0) is 27.2 Å². The van der Waals surface area contributed by atoms with Crippen LogP contribution in [0.4, 0.5) is 13.2 Å². The number of aliphatic hydroxyl groups is 1. The fourth-order valence-electron chi connectivity index (χ4n) is 2.18. The molecule has 0 spiro atoms. The van der Waals surface area contributed by atoms with Crippen LogP contribution < -0.4 is 11.0 Å². The Bertz CT molecular complexity index is 903. The predicted molar refractivity (Wildman–Crippen MR) is 107 cm³/mol. The molecule has 2 aromatic heterocycles. The van der Waals surface area contributed by atoms with Crippen LogP contribution in [-0.4, -0.2) is 43.3 Å². The number of carbonyl (C=O) groups excluding carboxylic acids is 2. The fraction of sp³-hybridized carbons (Fsp3) is 0.412. The Labute approximate surface area is 187 Å². The molecule has 0 aliphatic rings. The summed E-state index contributed by atoms with van der Waals surface area (Å²) in [5.74, 6) is -1.60. The first-order valence-electron chi connectivity index (χ1n) is 8.62. The highest BCUT2D eigenvalue weighted by atomic mass is 35.5. The second kappa shape index (κ2) is 11.8. The maximum atomic E-state index is 13.2. The summed E-state index contributed by atoms with van der Waals surface area (Å²) in [4.78, 5) is 34.1. The van der Waals surface area contributed by atoms with E-state index in [-0.39, 0.29) is 31.3 Å². The minimum Gasteiger partial charge on any atom is -0.394 e. The average molecular weight is 503 g/mol. The first kappa shape index (κ1) is 25.5. The number of aliphatic hydroxyl groups excluding tert-OH is 1. The van der Waals surface area contributed by atoms with Gasteiger partial charge in [0.1, 0.15) is 9.75 Å². The molecule has 0 radical (unpaired) electrons. The molecule has 0 atom stereocenters. The van der Waals surface area contributed by atoms with Crippen LogP contribution >= 0.6 is 34.3 Å². The Morgan fingerprint density at radius 2 is 1.71 bits per heavy atom. The van der Waals surface area contributed by atoms with Crippen LogP contribution in [0.15, 0.2) is 12.1 Å². The van der Waals surface area contributed by atoms with Crippen LogP contribution in [0.25, 0.3) is 0 Å². The van der Waals surface area contributed by atoms with Crippen LogP contribution in [0, 0.1) is 6.92 Å². The van der Waals surface area contributed by atoms with Gasteiger partial charge < -0.3 is 9.84 Å². The molecule has 3 N–H and O–H groups in total. The van der Waals surface area contributed by atoms with Crippen molar-refractivity contribution in [2.45, 2.75) is 19.7 Å². The molecule has 0 bridgehead atoms. The third-order valence-electron chi connectivity index (χ3n) is 3.41. The van der Waals surface area contributed by atoms with Gasteiger partial charge in [-0.15, -0.1) is 22.7 Å². The molecule has 0 saturated heterocycles. The molecule has 0 fully saturated rings. The van der Waals surface area contributed by atoms with E-state index >= 15 is 0 Å². The van der Waals surface area contributed by atoms with E-state index in [0.717, 1.165) is 10.9 Å². The zero-order valence-electron chi connectivity index (χ0n) is 16.0. The number of hydrogen-bond acceptors (Lipinski definition) is 8. The Hall–Kier alpha value is -1.74. The van der Waals surface area contributed by atoms with Gasteiger partial charge in [-0.25, -0.2) is 11.0 Å². The van der Waals surface area contributed by atoms with Crippen LogP contribution in [0.1, 0.15) is 34.7 Å². The average Bonchev–Trinajstić information content (AvgIpc) is 3.27. The smallest absolute Gasteiger partial charge is 0.394 e. The van der Waals surface area contributed by atoms with Gasteiger partial charge in [0.25, 0.3) is 11.8 Å². The predicted octanol–water partition coefficient (Wildman–Crippen LogP) is 3.32. The van der Waals surface area contributed by atoms with Crippen molar-refractivity contribution in [3.05, 3.63) is 42.2 Å². The van der Waals surface area contributed by atoms with E-state index in [4.69, 9.17) is 26.3 Å². The highest BCUT2D eigenvalue weighted by Crippen LogP contribution is 2.37. The summed E-state index contributed by atoms with van der Waals surface area (Å²) >= 11 is 7.72. The number of thiophene rings is 2. The molecule has 2 aromatic rings. The Kier molecular flexibility index (Phi) is 9.68. The highest BCUT2D eigenvalue weighted by Gasteiger charge is 2.37. The van der Waals surface area contributed by atoms with E-state index in [1.54, 1.807) is 13.0 Å². The number of ether oxygens (including phenoxy) is 1. The third-order valence-corrected chi connectivity index (χ3v) is 5.97. The van der Waals surface area contributed by atoms with Gasteiger partial charge in [0.05, 0.1) is 43.6 Å². The summed E-state index contributed by atoms with van der Waals surface area (Å²) in [6, 6.07) is 2.46. The van der Waals surface area contributed by atoms with E-state index in [2.05, 4.69) is 10.3 Å². The van der Waals surface area contributed by atoms with Crippen molar-refractivity contribution in [2.24, 2.45) is 0 Å². The Morgan fingerprint density at radius 1 is 1.06 bits per heavy atom. The lowest BCUT2D eigenvalue weighted by Crippen LogP contribution is -2.26. The topological polar surface area (TPSA) is 106 Å². The summed E-state index contributed by atoms with van der Waals surface area (Å²) in [5, 5.41) is 8.89. The molecular weight excluding hydrogens is 485 g/mol. The van der Waals surface area contributed by atoms with Gasteiger partial charge in [-0.2, -0.15) is 13.2 Å². The van der Waals surface area contributed by atoms with Crippen molar-refractivity contribution in [1.29, 1.82) is 0 Å². The first-order chi connectivity index (χ1) is 14.6. The second-order valence-electron chi connectivity index (χ2n) is 5.82. The van der Waals surface area contributed by atoms with E-state index in [0.29, 0.717) is 21.2 Å². The molecule has 2 amide bonds. The summed E-state index contributed by atoms with van der Waals surface area (Å²) < 4.78 is 44.8. The molecular formula is C17H18ClF3N2O6S2. The van der Waals surface area contributed by atoms with Crippen LogP contribution in [0.2, 0.25) is 5.02 Å². The lowest BCUT2D eigenvalue weighted by atomic mass is 10.2. The molecule has 31 heavy (non-hydrogen) atoms. The van der Waals surface area contributed by atoms with Crippen molar-refractivity contribution < 1.29 is 42.3 Å². The van der Waals surface area contributed by atoms with E-state index < -0.39 is 35.0 Å². The number of alkyl halides is 3. The number of hydrogen-bond donors (Lipinski definition) is 3. The lowest BCUT2D eigenvalue weighted by molar-refractivity contribution is -0.137.